The second-order valence-corrected chi connectivity index (χ2v) is 11.3. The molecule has 1 aliphatic heterocycles. The van der Waals surface area contributed by atoms with Crippen LogP contribution in [0.1, 0.15) is 37.4 Å². The molecule has 0 saturated heterocycles. The van der Waals surface area contributed by atoms with Gasteiger partial charge in [0, 0.05) is 17.0 Å². The first kappa shape index (κ1) is 24.1. The lowest BCUT2D eigenvalue weighted by molar-refractivity contribution is -0.120. The molecule has 1 amide bonds. The van der Waals surface area contributed by atoms with Crippen molar-refractivity contribution in [1.29, 1.82) is 0 Å². The number of amides is 1. The summed E-state index contributed by atoms with van der Waals surface area (Å²) in [7, 11) is -4.02. The van der Waals surface area contributed by atoms with Gasteiger partial charge in [0.15, 0.2) is 0 Å². The molecule has 178 valence electrons. The zero-order valence-electron chi connectivity index (χ0n) is 19.3. The highest BCUT2D eigenvalue weighted by Gasteiger charge is 2.35. The van der Waals surface area contributed by atoms with Crippen LogP contribution in [-0.4, -0.2) is 26.5 Å². The van der Waals surface area contributed by atoms with Crippen molar-refractivity contribution in [2.24, 2.45) is 0 Å². The maximum Gasteiger partial charge on any atom is 0.264 e. The number of ether oxygens (including phenoxy) is 1. The maximum atomic E-state index is 13.6. The fourth-order valence-corrected chi connectivity index (χ4v) is 5.79. The van der Waals surface area contributed by atoms with E-state index in [-0.39, 0.29) is 17.5 Å². The van der Waals surface area contributed by atoms with Gasteiger partial charge in [-0.15, -0.1) is 0 Å². The largest absolute Gasteiger partial charge is 0.487 e. The number of anilines is 1. The van der Waals surface area contributed by atoms with Crippen molar-refractivity contribution in [3.8, 4) is 5.75 Å². The van der Waals surface area contributed by atoms with Crippen LogP contribution < -0.4 is 14.4 Å². The van der Waals surface area contributed by atoms with Gasteiger partial charge in [-0.2, -0.15) is 0 Å². The quantitative estimate of drug-likeness (QED) is 0.503. The van der Waals surface area contributed by atoms with Gasteiger partial charge in [0.25, 0.3) is 10.0 Å². The zero-order chi connectivity index (χ0) is 24.5. The van der Waals surface area contributed by atoms with Crippen molar-refractivity contribution in [1.82, 2.24) is 5.32 Å². The topological polar surface area (TPSA) is 75.7 Å². The van der Waals surface area contributed by atoms with Crippen LogP contribution in [0.2, 0.25) is 5.02 Å². The van der Waals surface area contributed by atoms with Crippen molar-refractivity contribution >= 4 is 33.2 Å². The number of nitrogens with one attached hydrogen (secondary N) is 1. The van der Waals surface area contributed by atoms with Crippen LogP contribution in [-0.2, 0) is 14.8 Å². The number of para-hydroxylation sites is 2. The van der Waals surface area contributed by atoms with E-state index in [4.69, 9.17) is 16.3 Å². The van der Waals surface area contributed by atoms with E-state index in [1.54, 1.807) is 12.1 Å². The molecule has 1 heterocycles. The SMILES string of the molecule is Cc1ccccc1N(CC(=O)NC1CC(C)(C)Oc2ccccc21)S(=O)(=O)c1ccc(Cl)cc1. The first-order valence-corrected chi connectivity index (χ1v) is 12.8. The van der Waals surface area contributed by atoms with E-state index in [1.807, 2.05) is 57.2 Å². The Labute approximate surface area is 205 Å². The molecule has 3 aromatic carbocycles. The van der Waals surface area contributed by atoms with Crippen LogP contribution >= 0.6 is 11.6 Å². The minimum Gasteiger partial charge on any atom is -0.487 e. The number of carbonyl (C=O) groups is 1. The lowest BCUT2D eigenvalue weighted by Crippen LogP contribution is -2.45. The van der Waals surface area contributed by atoms with Crippen LogP contribution in [0.3, 0.4) is 0 Å². The number of nitrogens with zero attached hydrogens (tertiary/aromatic N) is 1. The first-order chi connectivity index (χ1) is 16.1. The Kier molecular flexibility index (Phi) is 6.60. The summed E-state index contributed by atoms with van der Waals surface area (Å²) in [6.45, 7) is 5.38. The summed E-state index contributed by atoms with van der Waals surface area (Å²) >= 11 is 5.96. The predicted octanol–water partition coefficient (Wildman–Crippen LogP) is 5.26. The van der Waals surface area contributed by atoms with E-state index in [1.165, 1.54) is 24.3 Å². The second kappa shape index (κ2) is 9.31. The van der Waals surface area contributed by atoms with Crippen molar-refractivity contribution < 1.29 is 17.9 Å². The van der Waals surface area contributed by atoms with Gasteiger partial charge in [-0.05, 0) is 62.7 Å². The molecule has 1 atom stereocenters. The molecule has 0 saturated carbocycles. The summed E-state index contributed by atoms with van der Waals surface area (Å²) in [6.07, 6.45) is 0.560. The van der Waals surface area contributed by atoms with Crippen molar-refractivity contribution in [2.75, 3.05) is 10.8 Å². The van der Waals surface area contributed by atoms with Crippen molar-refractivity contribution in [3.63, 3.8) is 0 Å². The van der Waals surface area contributed by atoms with E-state index < -0.39 is 21.5 Å². The monoisotopic (exact) mass is 498 g/mol. The Bertz CT molecular complexity index is 1310. The highest BCUT2D eigenvalue weighted by atomic mass is 35.5. The fraction of sp³-hybridized carbons (Fsp3) is 0.269. The van der Waals surface area contributed by atoms with E-state index in [2.05, 4.69) is 5.32 Å². The molecule has 1 unspecified atom stereocenters. The molecule has 1 aliphatic rings. The summed E-state index contributed by atoms with van der Waals surface area (Å²) in [5.41, 5.74) is 1.58. The minimum absolute atomic E-state index is 0.0606. The average Bonchev–Trinajstić information content (AvgIpc) is 2.77. The Morgan fingerprint density at radius 3 is 2.41 bits per heavy atom. The number of hydrogen-bond acceptors (Lipinski definition) is 4. The molecule has 0 bridgehead atoms. The smallest absolute Gasteiger partial charge is 0.264 e. The summed E-state index contributed by atoms with van der Waals surface area (Å²) < 4.78 is 34.4. The molecular weight excluding hydrogens is 472 g/mol. The van der Waals surface area contributed by atoms with Gasteiger partial charge >= 0.3 is 0 Å². The van der Waals surface area contributed by atoms with E-state index in [0.29, 0.717) is 22.9 Å². The van der Waals surface area contributed by atoms with Gasteiger partial charge in [0.2, 0.25) is 5.91 Å². The van der Waals surface area contributed by atoms with Crippen molar-refractivity contribution in [3.05, 3.63) is 88.9 Å². The Morgan fingerprint density at radius 1 is 1.06 bits per heavy atom. The van der Waals surface area contributed by atoms with Crippen LogP contribution in [0.15, 0.2) is 77.7 Å². The molecule has 0 radical (unpaired) electrons. The zero-order valence-corrected chi connectivity index (χ0v) is 20.9. The molecule has 0 spiro atoms. The number of sulfonamides is 1. The normalized spacial score (nSPS) is 16.8. The molecular formula is C26H27ClN2O4S. The molecule has 0 aromatic heterocycles. The number of fused-ring (bicyclic) bond motifs is 1. The number of rotatable bonds is 6. The minimum atomic E-state index is -4.02. The standard InChI is InChI=1S/C26H27ClN2O4S/c1-18-8-4-6-10-23(18)29(34(31,32)20-14-12-19(27)13-15-20)17-25(30)28-22-16-26(2,3)33-24-11-7-5-9-21(22)24/h4-15,22H,16-17H2,1-3H3,(H,28,30). The van der Waals surface area contributed by atoms with E-state index in [0.717, 1.165) is 15.4 Å². The van der Waals surface area contributed by atoms with Gasteiger partial charge < -0.3 is 10.1 Å². The fourth-order valence-electron chi connectivity index (χ4n) is 4.18. The Morgan fingerprint density at radius 2 is 1.71 bits per heavy atom. The van der Waals surface area contributed by atoms with Gasteiger partial charge in [-0.1, -0.05) is 48.0 Å². The lowest BCUT2D eigenvalue weighted by atomic mass is 9.89. The molecule has 8 heteroatoms. The summed E-state index contributed by atoms with van der Waals surface area (Å²) in [4.78, 5) is 13.3. The lowest BCUT2D eigenvalue weighted by Gasteiger charge is -2.38. The molecule has 34 heavy (non-hydrogen) atoms. The Balaban J connectivity index is 1.66. The Hall–Kier alpha value is -3.03. The average molecular weight is 499 g/mol. The first-order valence-electron chi connectivity index (χ1n) is 11.0. The molecule has 0 aliphatic carbocycles. The van der Waals surface area contributed by atoms with Crippen LogP contribution in [0.5, 0.6) is 5.75 Å². The molecule has 6 nitrogen and oxygen atoms in total. The van der Waals surface area contributed by atoms with Crippen LogP contribution in [0, 0.1) is 6.92 Å². The van der Waals surface area contributed by atoms with Gasteiger partial charge in [0.05, 0.1) is 16.6 Å². The summed E-state index contributed by atoms with van der Waals surface area (Å²) in [6, 6.07) is 20.3. The summed E-state index contributed by atoms with van der Waals surface area (Å²) in [5, 5.41) is 3.47. The molecule has 3 aromatic rings. The summed E-state index contributed by atoms with van der Waals surface area (Å²) in [5.74, 6) is 0.312. The van der Waals surface area contributed by atoms with Gasteiger partial charge in [-0.25, -0.2) is 8.42 Å². The highest BCUT2D eigenvalue weighted by molar-refractivity contribution is 7.92. The molecule has 0 fully saturated rings. The number of halogens is 1. The van der Waals surface area contributed by atoms with E-state index >= 15 is 0 Å². The van der Waals surface area contributed by atoms with Gasteiger partial charge in [-0.3, -0.25) is 9.10 Å². The van der Waals surface area contributed by atoms with Crippen LogP contribution in [0.25, 0.3) is 0 Å². The molecule has 1 N–H and O–H groups in total. The van der Waals surface area contributed by atoms with E-state index in [9.17, 15) is 13.2 Å². The number of carbonyl (C=O) groups excluding carboxylic acids is 1. The molecule has 4 rings (SSSR count). The van der Waals surface area contributed by atoms with Gasteiger partial charge in [0.1, 0.15) is 17.9 Å². The maximum absolute atomic E-state index is 13.6. The number of hydrogen-bond donors (Lipinski definition) is 1. The third-order valence-electron chi connectivity index (χ3n) is 5.78. The third kappa shape index (κ3) is 5.05. The predicted molar refractivity (Wildman–Crippen MR) is 134 cm³/mol. The number of aryl methyl sites for hydroxylation is 1. The second-order valence-electron chi connectivity index (χ2n) is 8.98. The number of benzene rings is 3. The van der Waals surface area contributed by atoms with Crippen molar-refractivity contribution in [2.45, 2.75) is 43.7 Å². The van der Waals surface area contributed by atoms with Crippen LogP contribution in [0.4, 0.5) is 5.69 Å². The third-order valence-corrected chi connectivity index (χ3v) is 7.81. The highest BCUT2D eigenvalue weighted by Crippen LogP contribution is 2.39.